The molecule has 1 aromatic heterocycles. The number of imidazole rings is 1. The molecule has 3 N–H and O–H groups in total. The van der Waals surface area contributed by atoms with Crippen LogP contribution in [-0.2, 0) is 19.6 Å². The van der Waals surface area contributed by atoms with E-state index in [-0.39, 0.29) is 22.1 Å². The fourth-order valence-electron chi connectivity index (χ4n) is 3.78. The number of aromatic amines is 2. The molecule has 1 atom stereocenters. The van der Waals surface area contributed by atoms with Crippen LogP contribution in [0.15, 0.2) is 52.2 Å². The zero-order chi connectivity index (χ0) is 23.6. The molecule has 2 heterocycles. The molecule has 11 heteroatoms. The third-order valence-corrected chi connectivity index (χ3v) is 6.85. The van der Waals surface area contributed by atoms with Crippen LogP contribution in [-0.4, -0.2) is 54.4 Å². The molecule has 1 amide bonds. The number of nitrogens with one attached hydrogen (secondary N) is 3. The second kappa shape index (κ2) is 9.10. The summed E-state index contributed by atoms with van der Waals surface area (Å²) < 4.78 is 33.6. The zero-order valence-electron chi connectivity index (χ0n) is 18.0. The van der Waals surface area contributed by atoms with Crippen molar-refractivity contribution in [2.24, 2.45) is 0 Å². The number of aromatic nitrogens is 2. The number of hydrogen-bond acceptors (Lipinski definition) is 6. The minimum absolute atomic E-state index is 0.0165. The van der Waals surface area contributed by atoms with Gasteiger partial charge >= 0.3 is 11.7 Å². The predicted molar refractivity (Wildman–Crippen MR) is 121 cm³/mol. The van der Waals surface area contributed by atoms with E-state index >= 15 is 0 Å². The molecule has 3 aromatic rings. The van der Waals surface area contributed by atoms with E-state index in [4.69, 9.17) is 4.74 Å². The van der Waals surface area contributed by atoms with E-state index in [2.05, 4.69) is 14.7 Å². The number of amides is 1. The molecule has 0 bridgehead atoms. The van der Waals surface area contributed by atoms with E-state index in [1.165, 1.54) is 37.3 Å². The van der Waals surface area contributed by atoms with Crippen LogP contribution in [0.5, 0.6) is 0 Å². The van der Waals surface area contributed by atoms with E-state index in [9.17, 15) is 22.8 Å². The second-order valence-electron chi connectivity index (χ2n) is 7.87. The number of likely N-dealkylation sites (tertiary alicyclic amines) is 1. The number of H-pyrrole nitrogens is 2. The number of carbonyl (C=O) groups is 2. The lowest BCUT2D eigenvalue weighted by molar-refractivity contribution is -0.140. The molecule has 0 aliphatic carbocycles. The first-order valence-corrected chi connectivity index (χ1v) is 12.1. The molecule has 33 heavy (non-hydrogen) atoms. The number of sulfonamides is 1. The maximum Gasteiger partial charge on any atom is 0.341 e. The summed E-state index contributed by atoms with van der Waals surface area (Å²) in [5.41, 5.74) is 0.350. The summed E-state index contributed by atoms with van der Waals surface area (Å²) in [4.78, 5) is 43.5. The smallest absolute Gasteiger partial charge is 0.341 e. The Balaban J connectivity index is 1.53. The largest absolute Gasteiger partial charge is 0.449 e. The molecule has 10 nitrogen and oxygen atoms in total. The van der Waals surface area contributed by atoms with Gasteiger partial charge in [0, 0.05) is 13.1 Å². The fourth-order valence-corrected chi connectivity index (χ4v) is 4.88. The Hall–Kier alpha value is -3.60. The number of hydrogen-bond donors (Lipinski definition) is 3. The van der Waals surface area contributed by atoms with Gasteiger partial charge in [-0.3, -0.25) is 9.52 Å². The molecule has 1 fully saturated rings. The number of anilines is 1. The van der Waals surface area contributed by atoms with Crippen molar-refractivity contribution in [3.8, 4) is 0 Å². The molecule has 0 radical (unpaired) electrons. The monoisotopic (exact) mass is 472 g/mol. The SMILES string of the molecule is C[C@H](OC(=O)c1ccccc1NS(=O)(=O)c1ccc2[nH]c(=O)[nH]c2c1)C(=O)N1CCCCC1. The third kappa shape index (κ3) is 4.92. The summed E-state index contributed by atoms with van der Waals surface area (Å²) in [6, 6.07) is 10.1. The first-order valence-electron chi connectivity index (χ1n) is 10.6. The van der Waals surface area contributed by atoms with Crippen molar-refractivity contribution >= 4 is 38.6 Å². The molecule has 174 valence electrons. The minimum atomic E-state index is -4.08. The average molecular weight is 473 g/mol. The van der Waals surface area contributed by atoms with E-state index < -0.39 is 27.8 Å². The van der Waals surface area contributed by atoms with Gasteiger partial charge in [-0.2, -0.15) is 0 Å². The molecule has 2 aromatic carbocycles. The molecular formula is C22H24N4O6S. The van der Waals surface area contributed by atoms with Gasteiger partial charge in [-0.25, -0.2) is 18.0 Å². The van der Waals surface area contributed by atoms with Crippen LogP contribution >= 0.6 is 0 Å². The van der Waals surface area contributed by atoms with Crippen LogP contribution in [0.4, 0.5) is 5.69 Å². The average Bonchev–Trinajstić information content (AvgIpc) is 3.18. The Morgan fingerprint density at radius 2 is 1.73 bits per heavy atom. The van der Waals surface area contributed by atoms with E-state index in [0.717, 1.165) is 19.3 Å². The van der Waals surface area contributed by atoms with E-state index in [1.807, 2.05) is 0 Å². The van der Waals surface area contributed by atoms with E-state index in [1.54, 1.807) is 17.0 Å². The third-order valence-electron chi connectivity index (χ3n) is 5.49. The van der Waals surface area contributed by atoms with Gasteiger partial charge in [0.25, 0.3) is 15.9 Å². The van der Waals surface area contributed by atoms with Crippen LogP contribution in [0.1, 0.15) is 36.5 Å². The number of para-hydroxylation sites is 1. The van der Waals surface area contributed by atoms with Gasteiger partial charge in [0.1, 0.15) is 0 Å². The Morgan fingerprint density at radius 3 is 2.48 bits per heavy atom. The van der Waals surface area contributed by atoms with Gasteiger partial charge < -0.3 is 19.6 Å². The standard InChI is InChI=1S/C22H24N4O6S/c1-14(20(27)26-11-5-2-6-12-26)32-21(28)16-7-3-4-8-17(16)25-33(30,31)15-9-10-18-19(13-15)24-22(29)23-18/h3-4,7-10,13-14,25H,2,5-6,11-12H2,1H3,(H2,23,24,29)/t14-/m0/s1. The van der Waals surface area contributed by atoms with Gasteiger partial charge in [0.2, 0.25) is 0 Å². The predicted octanol–water partition coefficient (Wildman–Crippen LogP) is 2.21. The highest BCUT2D eigenvalue weighted by atomic mass is 32.2. The van der Waals surface area contributed by atoms with Crippen LogP contribution in [0.2, 0.25) is 0 Å². The summed E-state index contributed by atoms with van der Waals surface area (Å²) in [5.74, 6) is -1.08. The summed E-state index contributed by atoms with van der Waals surface area (Å²) in [5, 5.41) is 0. The summed E-state index contributed by atoms with van der Waals surface area (Å²) in [6.07, 6.45) is 1.91. The van der Waals surface area contributed by atoms with Crippen molar-refractivity contribution in [2.45, 2.75) is 37.2 Å². The number of carbonyl (C=O) groups excluding carboxylic acids is 2. The first kappa shape index (κ1) is 22.6. The van der Waals surface area contributed by atoms with Crippen LogP contribution < -0.4 is 10.4 Å². The van der Waals surface area contributed by atoms with Crippen molar-refractivity contribution in [2.75, 3.05) is 17.8 Å². The molecule has 1 saturated heterocycles. The van der Waals surface area contributed by atoms with E-state index in [0.29, 0.717) is 24.1 Å². The number of nitrogens with zero attached hydrogens (tertiary/aromatic N) is 1. The Labute approximate surface area is 190 Å². The van der Waals surface area contributed by atoms with Crippen molar-refractivity contribution < 1.29 is 22.7 Å². The number of ether oxygens (including phenoxy) is 1. The normalized spacial score (nSPS) is 15.2. The number of rotatable bonds is 6. The van der Waals surface area contributed by atoms with Gasteiger partial charge in [-0.05, 0) is 56.5 Å². The molecule has 0 unspecified atom stereocenters. The van der Waals surface area contributed by atoms with Crippen molar-refractivity contribution in [1.82, 2.24) is 14.9 Å². The Morgan fingerprint density at radius 1 is 1.03 bits per heavy atom. The Kier molecular flexibility index (Phi) is 6.23. The summed E-state index contributed by atoms with van der Waals surface area (Å²) >= 11 is 0. The molecule has 0 spiro atoms. The number of esters is 1. The minimum Gasteiger partial charge on any atom is -0.449 e. The molecule has 4 rings (SSSR count). The highest BCUT2D eigenvalue weighted by molar-refractivity contribution is 7.92. The van der Waals surface area contributed by atoms with Gasteiger partial charge in [0.05, 0.1) is 27.2 Å². The number of piperidine rings is 1. The quantitative estimate of drug-likeness (QED) is 0.470. The Bertz CT molecular complexity index is 1350. The molecule has 1 aliphatic rings. The number of fused-ring (bicyclic) bond motifs is 1. The van der Waals surface area contributed by atoms with Crippen LogP contribution in [0.3, 0.4) is 0 Å². The van der Waals surface area contributed by atoms with Gasteiger partial charge in [0.15, 0.2) is 6.10 Å². The van der Waals surface area contributed by atoms with Crippen molar-refractivity contribution in [3.05, 3.63) is 58.5 Å². The lowest BCUT2D eigenvalue weighted by Crippen LogP contribution is -2.42. The zero-order valence-corrected chi connectivity index (χ0v) is 18.8. The number of benzene rings is 2. The van der Waals surface area contributed by atoms with Crippen LogP contribution in [0.25, 0.3) is 11.0 Å². The molecule has 1 aliphatic heterocycles. The van der Waals surface area contributed by atoms with Crippen molar-refractivity contribution in [1.29, 1.82) is 0 Å². The topological polar surface area (TPSA) is 141 Å². The lowest BCUT2D eigenvalue weighted by atomic mass is 10.1. The van der Waals surface area contributed by atoms with Crippen molar-refractivity contribution in [3.63, 3.8) is 0 Å². The van der Waals surface area contributed by atoms with Gasteiger partial charge in [-0.15, -0.1) is 0 Å². The maximum atomic E-state index is 12.9. The highest BCUT2D eigenvalue weighted by Gasteiger charge is 2.27. The lowest BCUT2D eigenvalue weighted by Gasteiger charge is -2.29. The summed E-state index contributed by atoms with van der Waals surface area (Å²) in [7, 11) is -4.08. The highest BCUT2D eigenvalue weighted by Crippen LogP contribution is 2.23. The fraction of sp³-hybridized carbons (Fsp3) is 0.318. The summed E-state index contributed by atoms with van der Waals surface area (Å²) in [6.45, 7) is 2.77. The van der Waals surface area contributed by atoms with Crippen LogP contribution in [0, 0.1) is 0 Å². The first-order chi connectivity index (χ1) is 15.7. The molecule has 0 saturated carbocycles. The molecular weight excluding hydrogens is 448 g/mol. The second-order valence-corrected chi connectivity index (χ2v) is 9.55. The maximum absolute atomic E-state index is 12.9. The van der Waals surface area contributed by atoms with Gasteiger partial charge in [-0.1, -0.05) is 12.1 Å².